The van der Waals surface area contributed by atoms with Gasteiger partial charge in [-0.15, -0.1) is 13.2 Å². The van der Waals surface area contributed by atoms with Crippen molar-refractivity contribution in [2.45, 2.75) is 57.1 Å². The van der Waals surface area contributed by atoms with E-state index in [1.54, 1.807) is 16.7 Å². The lowest BCUT2D eigenvalue weighted by Crippen LogP contribution is -2.46. The van der Waals surface area contributed by atoms with Crippen molar-refractivity contribution in [1.82, 2.24) is 14.5 Å². The normalized spacial score (nSPS) is 20.5. The molecule has 3 aliphatic rings. The van der Waals surface area contributed by atoms with E-state index in [1.807, 2.05) is 36.4 Å². The molecule has 2 saturated heterocycles. The highest BCUT2D eigenvalue weighted by Crippen LogP contribution is 2.36. The molecule has 2 unspecified atom stereocenters. The fraction of sp³-hybridized carbons (Fsp3) is 0.364. The number of fused-ring (bicyclic) bond motifs is 3. The summed E-state index contributed by atoms with van der Waals surface area (Å²) in [5.41, 5.74) is 3.09. The van der Waals surface area contributed by atoms with Crippen LogP contribution in [0.2, 0.25) is 0 Å². The predicted octanol–water partition coefficient (Wildman–Crippen LogP) is 5.96. The molecule has 14 heteroatoms. The molecule has 4 aromatic rings. The van der Waals surface area contributed by atoms with Crippen molar-refractivity contribution in [2.75, 3.05) is 24.6 Å². The van der Waals surface area contributed by atoms with E-state index < -0.39 is 11.3 Å². The fourth-order valence-corrected chi connectivity index (χ4v) is 6.40. The number of alkyl halides is 3. The van der Waals surface area contributed by atoms with Gasteiger partial charge in [0.05, 0.1) is 0 Å². The van der Waals surface area contributed by atoms with Crippen LogP contribution in [-0.2, 0) is 19.7 Å². The maximum atomic E-state index is 12.4. The lowest BCUT2D eigenvalue weighted by Gasteiger charge is -2.35. The molecule has 4 heterocycles. The van der Waals surface area contributed by atoms with Crippen LogP contribution in [0.15, 0.2) is 79.0 Å². The Labute approximate surface area is 268 Å². The Morgan fingerprint density at radius 1 is 0.894 bits per heavy atom. The first-order valence-corrected chi connectivity index (χ1v) is 15.3. The van der Waals surface area contributed by atoms with Gasteiger partial charge in [0.1, 0.15) is 42.8 Å². The number of imidazole rings is 1. The summed E-state index contributed by atoms with van der Waals surface area (Å²) in [6, 6.07) is 22.8. The maximum absolute atomic E-state index is 12.4. The third-order valence-corrected chi connectivity index (χ3v) is 8.71. The van der Waals surface area contributed by atoms with Crippen molar-refractivity contribution >= 4 is 11.5 Å². The van der Waals surface area contributed by atoms with Crippen LogP contribution >= 0.6 is 0 Å². The number of hydrogen-bond donors (Lipinski definition) is 0. The summed E-state index contributed by atoms with van der Waals surface area (Å²) in [7, 11) is 0. The molecule has 3 aromatic carbocycles. The third-order valence-electron chi connectivity index (χ3n) is 8.71. The number of ether oxygens (including phenoxy) is 4. The molecule has 3 atom stereocenters. The minimum absolute atomic E-state index is 0.219. The average Bonchev–Trinajstić information content (AvgIpc) is 3.78. The molecule has 3 aliphatic heterocycles. The number of nitrogens with zero attached hydrogens (tertiary/aromatic N) is 5. The quantitative estimate of drug-likeness (QED) is 0.144. The summed E-state index contributed by atoms with van der Waals surface area (Å²) in [6.45, 7) is 3.93. The Morgan fingerprint density at radius 3 is 2.26 bits per heavy atom. The molecule has 0 N–H and O–H groups in total. The summed E-state index contributed by atoms with van der Waals surface area (Å²) in [5.74, 6) is 0.951. The van der Waals surface area contributed by atoms with Gasteiger partial charge in [-0.25, -0.2) is 0 Å². The van der Waals surface area contributed by atoms with Crippen molar-refractivity contribution in [3.05, 3.63) is 100 Å². The van der Waals surface area contributed by atoms with Crippen LogP contribution in [0.5, 0.6) is 23.3 Å². The molecule has 2 bridgehead atoms. The molecule has 0 spiro atoms. The Balaban J connectivity index is 0.851. The minimum Gasteiger partial charge on any atom is -0.490 e. The highest BCUT2D eigenvalue weighted by Gasteiger charge is 2.43. The van der Waals surface area contributed by atoms with Crippen molar-refractivity contribution in [2.24, 2.45) is 0 Å². The number of hydrogen-bond acceptors (Lipinski definition) is 9. The Morgan fingerprint density at radius 2 is 1.57 bits per heavy atom. The van der Waals surface area contributed by atoms with Crippen molar-refractivity contribution < 1.29 is 37.0 Å². The fourth-order valence-electron chi connectivity index (χ4n) is 6.40. The van der Waals surface area contributed by atoms with Gasteiger partial charge in [-0.3, -0.25) is 9.47 Å². The van der Waals surface area contributed by atoms with Gasteiger partial charge >= 0.3 is 18.2 Å². The zero-order chi connectivity index (χ0) is 32.5. The molecule has 0 radical (unpaired) electrons. The zero-order valence-corrected chi connectivity index (χ0v) is 25.2. The van der Waals surface area contributed by atoms with Crippen molar-refractivity contribution in [1.29, 1.82) is 0 Å². The van der Waals surface area contributed by atoms with Gasteiger partial charge in [-0.05, 0) is 71.0 Å². The molecule has 0 aliphatic carbocycles. The molecule has 2 fully saturated rings. The first-order chi connectivity index (χ1) is 22.6. The van der Waals surface area contributed by atoms with Crippen LogP contribution in [0.25, 0.3) is 0 Å². The smallest absolute Gasteiger partial charge is 0.490 e. The van der Waals surface area contributed by atoms with Crippen LogP contribution in [0.1, 0.15) is 24.0 Å². The number of piperazine rings is 1. The number of benzene rings is 3. The van der Waals surface area contributed by atoms with Gasteiger partial charge in [-0.1, -0.05) is 24.3 Å². The molecule has 246 valence electrons. The summed E-state index contributed by atoms with van der Waals surface area (Å²) in [6.07, 6.45) is -1.77. The molecule has 47 heavy (non-hydrogen) atoms. The number of anilines is 1. The number of aryl methyl sites for hydroxylation is 1. The lowest BCUT2D eigenvalue weighted by molar-refractivity contribution is -0.389. The van der Waals surface area contributed by atoms with Crippen molar-refractivity contribution in [3.63, 3.8) is 0 Å². The predicted molar refractivity (Wildman–Crippen MR) is 164 cm³/mol. The monoisotopic (exact) mass is 651 g/mol. The zero-order valence-electron chi connectivity index (χ0n) is 25.2. The van der Waals surface area contributed by atoms with E-state index in [0.29, 0.717) is 37.4 Å². The second-order valence-corrected chi connectivity index (χ2v) is 11.9. The second kappa shape index (κ2) is 12.7. The molecule has 7 rings (SSSR count). The van der Waals surface area contributed by atoms with Gasteiger partial charge in [0, 0.05) is 55.4 Å². The number of aromatic nitrogens is 2. The van der Waals surface area contributed by atoms with E-state index in [1.165, 1.54) is 23.9 Å². The van der Waals surface area contributed by atoms with Gasteiger partial charge in [0.25, 0.3) is 0 Å². The minimum atomic E-state index is -4.71. The van der Waals surface area contributed by atoms with Crippen molar-refractivity contribution in [3.8, 4) is 23.3 Å². The second-order valence-electron chi connectivity index (χ2n) is 11.9. The topological polar surface area (TPSA) is 104 Å². The molecular formula is C33H32F3N5O6. The first kappa shape index (κ1) is 30.7. The summed E-state index contributed by atoms with van der Waals surface area (Å²) < 4.78 is 60.2. The van der Waals surface area contributed by atoms with Crippen LogP contribution in [0.3, 0.4) is 0 Å². The number of halogens is 3. The summed E-state index contributed by atoms with van der Waals surface area (Å²) >= 11 is 0. The standard InChI is InChI=1S/C33H32F3N5O6/c34-33(35,36)47-29-9-3-23(4-10-29)20-44-27-7-1-22(2-8-27)16-39-17-26-15-25(39)18-40(26)24-5-11-28(12-6-24)45-21-30-13-14-38-19-31(41(42)43)37-32(38)46-30/h1-12,19,25-26,30H,13-18,20-21H2/t25?,26?,30-/m1/s1. The Kier molecular flexibility index (Phi) is 8.26. The number of nitro groups is 1. The number of likely N-dealkylation sites (tertiary alicyclic amines) is 1. The molecule has 1 aromatic heterocycles. The van der Waals surface area contributed by atoms with Crippen LogP contribution in [-0.4, -0.2) is 63.6 Å². The maximum Gasteiger partial charge on any atom is 0.573 e. The van der Waals surface area contributed by atoms with Gasteiger partial charge in [-0.2, -0.15) is 0 Å². The van der Waals surface area contributed by atoms with E-state index in [4.69, 9.17) is 14.2 Å². The van der Waals surface area contributed by atoms with Crippen LogP contribution < -0.4 is 23.8 Å². The van der Waals surface area contributed by atoms with E-state index in [-0.39, 0.29) is 30.3 Å². The summed E-state index contributed by atoms with van der Waals surface area (Å²) in [4.78, 5) is 19.4. The Hall–Kier alpha value is -4.98. The molecular weight excluding hydrogens is 619 g/mol. The molecule has 0 saturated carbocycles. The van der Waals surface area contributed by atoms with E-state index in [0.717, 1.165) is 43.1 Å². The largest absolute Gasteiger partial charge is 0.573 e. The molecule has 0 amide bonds. The SMILES string of the molecule is O=[N+]([O-])c1cn2c(n1)O[C@@H](COc1ccc(N3CC4CC3CN4Cc3ccc(OCc4ccc(OC(F)(F)F)cc4)cc3)cc1)CC2. The van der Waals surface area contributed by atoms with Gasteiger partial charge in [0.2, 0.25) is 0 Å². The van der Waals surface area contributed by atoms with Crippen LogP contribution in [0.4, 0.5) is 24.7 Å². The number of rotatable bonds is 11. The van der Waals surface area contributed by atoms with E-state index in [2.05, 4.69) is 31.7 Å². The van der Waals surface area contributed by atoms with E-state index in [9.17, 15) is 23.3 Å². The van der Waals surface area contributed by atoms with Crippen LogP contribution in [0, 0.1) is 10.1 Å². The average molecular weight is 652 g/mol. The third kappa shape index (κ3) is 7.22. The highest BCUT2D eigenvalue weighted by atomic mass is 19.4. The lowest BCUT2D eigenvalue weighted by atomic mass is 10.1. The van der Waals surface area contributed by atoms with Gasteiger partial charge in [0.15, 0.2) is 0 Å². The van der Waals surface area contributed by atoms with E-state index >= 15 is 0 Å². The first-order valence-electron chi connectivity index (χ1n) is 15.3. The Bertz CT molecular complexity index is 1700. The van der Waals surface area contributed by atoms with Gasteiger partial charge < -0.3 is 34.0 Å². The highest BCUT2D eigenvalue weighted by molar-refractivity contribution is 5.52. The summed E-state index contributed by atoms with van der Waals surface area (Å²) in [5, 5.41) is 11.0. The molecule has 11 nitrogen and oxygen atoms in total.